The fourth-order valence-electron chi connectivity index (χ4n) is 3.72. The molecule has 1 unspecified atom stereocenters. The third-order valence-electron chi connectivity index (χ3n) is 4.98. The summed E-state index contributed by atoms with van der Waals surface area (Å²) >= 11 is 0. The van der Waals surface area contributed by atoms with Gasteiger partial charge in [-0.3, -0.25) is 14.3 Å². The topological polar surface area (TPSA) is 86.3 Å². The van der Waals surface area contributed by atoms with Crippen LogP contribution in [0.5, 0.6) is 0 Å². The molecule has 2 aromatic heterocycles. The molecule has 3 aromatic rings. The second kappa shape index (κ2) is 7.58. The highest BCUT2D eigenvalue weighted by Gasteiger charge is 2.31. The van der Waals surface area contributed by atoms with Crippen LogP contribution < -0.4 is 5.56 Å². The number of hydrogen-bond donors (Lipinski definition) is 0. The van der Waals surface area contributed by atoms with Crippen LogP contribution in [-0.4, -0.2) is 44.9 Å². The minimum atomic E-state index is -0.0202. The lowest BCUT2D eigenvalue weighted by molar-refractivity contribution is 0.174. The maximum absolute atomic E-state index is 13.1. The smallest absolute Gasteiger partial charge is 0.261 e. The van der Waals surface area contributed by atoms with Gasteiger partial charge in [0.25, 0.3) is 5.56 Å². The second-order valence-corrected chi connectivity index (χ2v) is 6.80. The molecule has 27 heavy (non-hydrogen) atoms. The number of para-hydroxylation sites is 1. The summed E-state index contributed by atoms with van der Waals surface area (Å²) in [6, 6.07) is 7.52. The van der Waals surface area contributed by atoms with Gasteiger partial charge in [0.1, 0.15) is 5.82 Å². The molecule has 1 fully saturated rings. The number of aromatic nitrogens is 4. The van der Waals surface area contributed by atoms with E-state index in [0.717, 1.165) is 30.7 Å². The van der Waals surface area contributed by atoms with E-state index in [1.165, 1.54) is 0 Å². The molecule has 0 bridgehead atoms. The predicted octanol–water partition coefficient (Wildman–Crippen LogP) is 2.07. The molecule has 1 aromatic carbocycles. The molecule has 142 valence electrons. The average molecular weight is 369 g/mol. The minimum absolute atomic E-state index is 0.0202. The van der Waals surface area contributed by atoms with Gasteiger partial charge in [-0.15, -0.1) is 0 Å². The van der Waals surface area contributed by atoms with Crippen LogP contribution in [-0.2, 0) is 17.8 Å². The van der Waals surface area contributed by atoms with Crippen LogP contribution >= 0.6 is 0 Å². The zero-order valence-corrected chi connectivity index (χ0v) is 15.6. The Hall–Kier alpha value is -2.58. The zero-order chi connectivity index (χ0) is 18.8. The molecule has 1 aliphatic rings. The molecule has 0 N–H and O–H groups in total. The highest BCUT2D eigenvalue weighted by Crippen LogP contribution is 2.32. The molecule has 1 atom stereocenters. The summed E-state index contributed by atoms with van der Waals surface area (Å²) in [5.41, 5.74) is 0.708. The number of ether oxygens (including phenoxy) is 1. The Morgan fingerprint density at radius 1 is 1.30 bits per heavy atom. The van der Waals surface area contributed by atoms with Crippen molar-refractivity contribution in [1.82, 2.24) is 24.6 Å². The predicted molar refractivity (Wildman–Crippen MR) is 99.3 cm³/mol. The van der Waals surface area contributed by atoms with Crippen LogP contribution in [0, 0.1) is 6.92 Å². The van der Waals surface area contributed by atoms with Gasteiger partial charge >= 0.3 is 0 Å². The SMILES string of the molecule is COCCn1c(C2CCCN2Cc2nc(C)no2)nc2ccccc2c1=O. The Kier molecular flexibility index (Phi) is 5.00. The van der Waals surface area contributed by atoms with Crippen LogP contribution in [0.15, 0.2) is 33.6 Å². The second-order valence-electron chi connectivity index (χ2n) is 6.80. The Bertz CT molecular complexity index is 996. The molecule has 0 amide bonds. The lowest BCUT2D eigenvalue weighted by Crippen LogP contribution is -2.33. The van der Waals surface area contributed by atoms with Crippen molar-refractivity contribution in [2.45, 2.75) is 38.9 Å². The minimum Gasteiger partial charge on any atom is -0.383 e. The Balaban J connectivity index is 1.75. The lowest BCUT2D eigenvalue weighted by Gasteiger charge is -2.25. The molecule has 0 aliphatic carbocycles. The number of methoxy groups -OCH3 is 1. The van der Waals surface area contributed by atoms with Gasteiger partial charge in [0, 0.05) is 7.11 Å². The first-order chi connectivity index (χ1) is 13.2. The summed E-state index contributed by atoms with van der Waals surface area (Å²) in [6.45, 7) is 4.20. The number of hydrogen-bond acceptors (Lipinski definition) is 7. The molecule has 8 nitrogen and oxygen atoms in total. The maximum Gasteiger partial charge on any atom is 0.261 e. The average Bonchev–Trinajstić information content (AvgIpc) is 3.30. The molecule has 3 heterocycles. The quantitative estimate of drug-likeness (QED) is 0.657. The van der Waals surface area contributed by atoms with E-state index in [9.17, 15) is 4.79 Å². The first kappa shape index (κ1) is 17.8. The van der Waals surface area contributed by atoms with E-state index in [2.05, 4.69) is 15.0 Å². The molecule has 0 saturated carbocycles. The van der Waals surface area contributed by atoms with Gasteiger partial charge in [-0.1, -0.05) is 17.3 Å². The number of likely N-dealkylation sites (tertiary alicyclic amines) is 1. The largest absolute Gasteiger partial charge is 0.383 e. The fourth-order valence-corrected chi connectivity index (χ4v) is 3.72. The van der Waals surface area contributed by atoms with E-state index in [1.807, 2.05) is 31.2 Å². The number of fused-ring (bicyclic) bond motifs is 1. The van der Waals surface area contributed by atoms with Crippen molar-refractivity contribution in [1.29, 1.82) is 0 Å². The van der Waals surface area contributed by atoms with E-state index in [4.69, 9.17) is 14.2 Å². The number of nitrogens with zero attached hydrogens (tertiary/aromatic N) is 5. The summed E-state index contributed by atoms with van der Waals surface area (Å²) in [5, 5.41) is 4.50. The normalized spacial score (nSPS) is 17.8. The van der Waals surface area contributed by atoms with Crippen molar-refractivity contribution in [2.24, 2.45) is 0 Å². The van der Waals surface area contributed by atoms with E-state index in [1.54, 1.807) is 11.7 Å². The van der Waals surface area contributed by atoms with Crippen molar-refractivity contribution in [2.75, 3.05) is 20.3 Å². The van der Waals surface area contributed by atoms with Crippen LogP contribution in [0.1, 0.15) is 36.4 Å². The van der Waals surface area contributed by atoms with Crippen LogP contribution in [0.3, 0.4) is 0 Å². The lowest BCUT2D eigenvalue weighted by atomic mass is 10.1. The van der Waals surface area contributed by atoms with Crippen molar-refractivity contribution in [3.05, 3.63) is 52.2 Å². The van der Waals surface area contributed by atoms with Gasteiger partial charge in [-0.25, -0.2) is 4.98 Å². The van der Waals surface area contributed by atoms with Crippen LogP contribution in [0.2, 0.25) is 0 Å². The summed E-state index contributed by atoms with van der Waals surface area (Å²) in [7, 11) is 1.64. The van der Waals surface area contributed by atoms with Gasteiger partial charge in [-0.2, -0.15) is 4.98 Å². The molecular formula is C19H23N5O3. The van der Waals surface area contributed by atoms with Crippen LogP contribution in [0.25, 0.3) is 10.9 Å². The third-order valence-corrected chi connectivity index (χ3v) is 4.98. The third kappa shape index (κ3) is 3.50. The molecule has 1 saturated heterocycles. The fraction of sp³-hybridized carbons (Fsp3) is 0.474. The molecule has 4 rings (SSSR count). The van der Waals surface area contributed by atoms with E-state index in [0.29, 0.717) is 36.8 Å². The van der Waals surface area contributed by atoms with Gasteiger partial charge in [0.15, 0.2) is 5.82 Å². The maximum atomic E-state index is 13.1. The highest BCUT2D eigenvalue weighted by molar-refractivity contribution is 5.77. The summed E-state index contributed by atoms with van der Waals surface area (Å²) < 4.78 is 12.3. The van der Waals surface area contributed by atoms with Crippen molar-refractivity contribution < 1.29 is 9.26 Å². The molecule has 0 radical (unpaired) electrons. The monoisotopic (exact) mass is 369 g/mol. The summed E-state index contributed by atoms with van der Waals surface area (Å²) in [5.74, 6) is 2.00. The Morgan fingerprint density at radius 2 is 2.15 bits per heavy atom. The van der Waals surface area contributed by atoms with Crippen LogP contribution in [0.4, 0.5) is 0 Å². The van der Waals surface area contributed by atoms with Gasteiger partial charge in [-0.05, 0) is 38.4 Å². The van der Waals surface area contributed by atoms with Gasteiger partial charge in [0.05, 0.1) is 36.6 Å². The van der Waals surface area contributed by atoms with E-state index >= 15 is 0 Å². The molecule has 8 heteroatoms. The Labute approximate surface area is 156 Å². The number of rotatable bonds is 6. The van der Waals surface area contributed by atoms with Gasteiger partial charge in [0.2, 0.25) is 5.89 Å². The van der Waals surface area contributed by atoms with E-state index in [-0.39, 0.29) is 11.6 Å². The standard InChI is InChI=1S/C19H23N5O3/c1-13-20-17(27-22-13)12-23-9-5-8-16(23)18-21-15-7-4-3-6-14(15)19(25)24(18)10-11-26-2/h3-4,6-7,16H,5,8-12H2,1-2H3. The highest BCUT2D eigenvalue weighted by atomic mass is 16.5. The first-order valence-corrected chi connectivity index (χ1v) is 9.19. The number of benzene rings is 1. The summed E-state index contributed by atoms with van der Waals surface area (Å²) in [6.07, 6.45) is 1.97. The molecule has 1 aliphatic heterocycles. The first-order valence-electron chi connectivity index (χ1n) is 9.19. The molecule has 0 spiro atoms. The van der Waals surface area contributed by atoms with Crippen molar-refractivity contribution in [3.63, 3.8) is 0 Å². The Morgan fingerprint density at radius 3 is 2.93 bits per heavy atom. The zero-order valence-electron chi connectivity index (χ0n) is 15.6. The summed E-state index contributed by atoms with van der Waals surface area (Å²) in [4.78, 5) is 24.5. The number of aryl methyl sites for hydroxylation is 1. The van der Waals surface area contributed by atoms with Crippen molar-refractivity contribution >= 4 is 10.9 Å². The van der Waals surface area contributed by atoms with Gasteiger partial charge < -0.3 is 9.26 Å². The van der Waals surface area contributed by atoms with Crippen molar-refractivity contribution in [3.8, 4) is 0 Å². The molecular weight excluding hydrogens is 346 g/mol. The van der Waals surface area contributed by atoms with E-state index < -0.39 is 0 Å².